The molecular weight excluding hydrogens is 224 g/mol. The van der Waals surface area contributed by atoms with Crippen LogP contribution >= 0.6 is 15.9 Å². The van der Waals surface area contributed by atoms with Gasteiger partial charge >= 0.3 is 0 Å². The van der Waals surface area contributed by atoms with Crippen molar-refractivity contribution in [3.8, 4) is 0 Å². The fourth-order valence-corrected chi connectivity index (χ4v) is 1.92. The van der Waals surface area contributed by atoms with E-state index in [1.165, 1.54) is 16.7 Å². The predicted octanol–water partition coefficient (Wildman–Crippen LogP) is 3.86. The van der Waals surface area contributed by atoms with Crippen LogP contribution in [0, 0.1) is 13.0 Å². The Bertz CT molecular complexity index is 369. The van der Waals surface area contributed by atoms with E-state index in [1.54, 1.807) is 0 Å². The molecule has 0 atom stereocenters. The lowest BCUT2D eigenvalue weighted by Gasteiger charge is -2.02. The van der Waals surface area contributed by atoms with Crippen LogP contribution in [0.4, 0.5) is 0 Å². The minimum atomic E-state index is 0.920. The SMILES string of the molecule is Cc1ccc(C2=[C]CC=C2Br)cc1. The van der Waals surface area contributed by atoms with Gasteiger partial charge in [0.05, 0.1) is 0 Å². The zero-order chi connectivity index (χ0) is 9.26. The number of aryl methyl sites for hydroxylation is 1. The Morgan fingerprint density at radius 2 is 1.92 bits per heavy atom. The molecule has 0 aromatic heterocycles. The summed E-state index contributed by atoms with van der Waals surface area (Å²) in [5.41, 5.74) is 3.73. The molecular formula is C12H10Br. The first kappa shape index (κ1) is 8.76. The van der Waals surface area contributed by atoms with E-state index >= 15 is 0 Å². The maximum absolute atomic E-state index is 3.52. The summed E-state index contributed by atoms with van der Waals surface area (Å²) >= 11 is 3.52. The van der Waals surface area contributed by atoms with Crippen molar-refractivity contribution >= 4 is 21.5 Å². The van der Waals surface area contributed by atoms with Gasteiger partial charge in [0.15, 0.2) is 0 Å². The highest BCUT2D eigenvalue weighted by atomic mass is 79.9. The zero-order valence-electron chi connectivity index (χ0n) is 7.47. The van der Waals surface area contributed by atoms with Gasteiger partial charge in [0.1, 0.15) is 0 Å². The van der Waals surface area contributed by atoms with Crippen molar-refractivity contribution in [3.05, 3.63) is 52.0 Å². The highest BCUT2D eigenvalue weighted by molar-refractivity contribution is 9.12. The third kappa shape index (κ3) is 1.75. The molecule has 0 heterocycles. The van der Waals surface area contributed by atoms with Crippen LogP contribution < -0.4 is 0 Å². The van der Waals surface area contributed by atoms with Gasteiger partial charge in [-0.05, 0) is 30.6 Å². The Morgan fingerprint density at radius 3 is 2.46 bits per heavy atom. The molecule has 0 saturated carbocycles. The highest BCUT2D eigenvalue weighted by Crippen LogP contribution is 2.32. The summed E-state index contributed by atoms with van der Waals surface area (Å²) in [6, 6.07) is 8.53. The molecule has 0 aliphatic heterocycles. The molecule has 13 heavy (non-hydrogen) atoms. The van der Waals surface area contributed by atoms with Crippen LogP contribution in [0.15, 0.2) is 34.8 Å². The minimum Gasteiger partial charge on any atom is -0.0652 e. The van der Waals surface area contributed by atoms with Gasteiger partial charge in [-0.25, -0.2) is 0 Å². The molecule has 65 valence electrons. The Kier molecular flexibility index (Phi) is 2.36. The average Bonchev–Trinajstić information content (AvgIpc) is 2.53. The third-order valence-electron chi connectivity index (χ3n) is 2.14. The smallest absolute Gasteiger partial charge is 0.0220 e. The molecule has 0 saturated heterocycles. The van der Waals surface area contributed by atoms with Crippen LogP contribution in [0.1, 0.15) is 17.5 Å². The number of benzene rings is 1. The van der Waals surface area contributed by atoms with Gasteiger partial charge in [-0.15, -0.1) is 0 Å². The van der Waals surface area contributed by atoms with Gasteiger partial charge in [-0.3, -0.25) is 0 Å². The fourth-order valence-electron chi connectivity index (χ4n) is 1.39. The molecule has 2 rings (SSSR count). The molecule has 0 bridgehead atoms. The number of hydrogen-bond acceptors (Lipinski definition) is 0. The summed E-state index contributed by atoms with van der Waals surface area (Å²) < 4.78 is 1.16. The molecule has 1 aromatic carbocycles. The molecule has 1 aliphatic carbocycles. The van der Waals surface area contributed by atoms with Gasteiger partial charge in [-0.1, -0.05) is 51.8 Å². The van der Waals surface area contributed by atoms with Crippen LogP contribution in [-0.2, 0) is 0 Å². The topological polar surface area (TPSA) is 0 Å². The lowest BCUT2D eigenvalue weighted by molar-refractivity contribution is 1.39. The van der Waals surface area contributed by atoms with Crippen LogP contribution in [0.3, 0.4) is 0 Å². The van der Waals surface area contributed by atoms with Crippen molar-refractivity contribution in [2.45, 2.75) is 13.3 Å². The van der Waals surface area contributed by atoms with E-state index in [2.05, 4.69) is 59.3 Å². The van der Waals surface area contributed by atoms with Gasteiger partial charge in [0.2, 0.25) is 0 Å². The van der Waals surface area contributed by atoms with E-state index in [9.17, 15) is 0 Å². The third-order valence-corrected chi connectivity index (χ3v) is 2.86. The zero-order valence-corrected chi connectivity index (χ0v) is 9.06. The summed E-state index contributed by atoms with van der Waals surface area (Å²) in [5.74, 6) is 0. The summed E-state index contributed by atoms with van der Waals surface area (Å²) in [4.78, 5) is 0. The van der Waals surface area contributed by atoms with E-state index < -0.39 is 0 Å². The highest BCUT2D eigenvalue weighted by Gasteiger charge is 2.08. The number of hydrogen-bond donors (Lipinski definition) is 0. The van der Waals surface area contributed by atoms with E-state index in [-0.39, 0.29) is 0 Å². The molecule has 1 radical (unpaired) electrons. The first-order chi connectivity index (χ1) is 6.27. The van der Waals surface area contributed by atoms with Gasteiger partial charge in [0.25, 0.3) is 0 Å². The van der Waals surface area contributed by atoms with Crippen LogP contribution in [0.2, 0.25) is 0 Å². The minimum absolute atomic E-state index is 0.920. The van der Waals surface area contributed by atoms with Gasteiger partial charge < -0.3 is 0 Å². The van der Waals surface area contributed by atoms with Crippen LogP contribution in [0.5, 0.6) is 0 Å². The lowest BCUT2D eigenvalue weighted by atomic mass is 10.1. The summed E-state index contributed by atoms with van der Waals surface area (Å²) in [6.45, 7) is 2.10. The summed E-state index contributed by atoms with van der Waals surface area (Å²) in [5, 5.41) is 0. The van der Waals surface area contributed by atoms with Crippen LogP contribution in [0.25, 0.3) is 5.57 Å². The maximum atomic E-state index is 3.52. The molecule has 1 heteroatoms. The molecule has 0 unspecified atom stereocenters. The molecule has 0 nitrogen and oxygen atoms in total. The Morgan fingerprint density at radius 1 is 1.23 bits per heavy atom. The molecule has 1 aliphatic rings. The normalized spacial score (nSPS) is 15.5. The van der Waals surface area contributed by atoms with Crippen LogP contribution in [-0.4, -0.2) is 0 Å². The number of rotatable bonds is 1. The second-order valence-corrected chi connectivity index (χ2v) is 4.03. The monoisotopic (exact) mass is 233 g/mol. The van der Waals surface area contributed by atoms with Crippen molar-refractivity contribution in [3.63, 3.8) is 0 Å². The van der Waals surface area contributed by atoms with Crippen molar-refractivity contribution in [1.82, 2.24) is 0 Å². The van der Waals surface area contributed by atoms with Gasteiger partial charge in [-0.2, -0.15) is 0 Å². The lowest BCUT2D eigenvalue weighted by Crippen LogP contribution is -1.81. The first-order valence-corrected chi connectivity index (χ1v) is 5.10. The van der Waals surface area contributed by atoms with Gasteiger partial charge in [0, 0.05) is 4.48 Å². The van der Waals surface area contributed by atoms with Crippen molar-refractivity contribution in [2.24, 2.45) is 0 Å². The number of allylic oxidation sites excluding steroid dienone is 4. The second-order valence-electron chi connectivity index (χ2n) is 3.17. The largest absolute Gasteiger partial charge is 0.0652 e. The quantitative estimate of drug-likeness (QED) is 0.692. The second kappa shape index (κ2) is 3.51. The Balaban J connectivity index is 2.37. The fraction of sp³-hybridized carbons (Fsp3) is 0.167. The number of halogens is 1. The molecule has 1 aromatic rings. The van der Waals surface area contributed by atoms with E-state index in [1.807, 2.05) is 0 Å². The molecule has 0 fully saturated rings. The molecule has 0 spiro atoms. The van der Waals surface area contributed by atoms with Crippen molar-refractivity contribution in [2.75, 3.05) is 0 Å². The Hall–Kier alpha value is -0.820. The van der Waals surface area contributed by atoms with Crippen molar-refractivity contribution < 1.29 is 0 Å². The standard InChI is InChI=1S/C12H10Br/c1-9-5-7-10(8-6-9)11-3-2-4-12(11)13/h4-8H,2H2,1H3. The molecule has 0 amide bonds. The average molecular weight is 234 g/mol. The first-order valence-electron chi connectivity index (χ1n) is 4.31. The summed E-state index contributed by atoms with van der Waals surface area (Å²) in [7, 11) is 0. The van der Waals surface area contributed by atoms with E-state index in [4.69, 9.17) is 0 Å². The Labute approximate surface area is 87.1 Å². The van der Waals surface area contributed by atoms with Crippen molar-refractivity contribution in [1.29, 1.82) is 0 Å². The summed E-state index contributed by atoms with van der Waals surface area (Å²) in [6.07, 6.45) is 6.37. The molecule has 0 N–H and O–H groups in total. The van der Waals surface area contributed by atoms with E-state index in [0.29, 0.717) is 0 Å². The van der Waals surface area contributed by atoms with E-state index in [0.717, 1.165) is 10.9 Å². The maximum Gasteiger partial charge on any atom is 0.0220 e. The predicted molar refractivity (Wildman–Crippen MR) is 59.5 cm³/mol.